The van der Waals surface area contributed by atoms with Gasteiger partial charge in [0.1, 0.15) is 12.4 Å². The summed E-state index contributed by atoms with van der Waals surface area (Å²) >= 11 is 0. The summed E-state index contributed by atoms with van der Waals surface area (Å²) in [4.78, 5) is 15.4. The minimum Gasteiger partial charge on any atom is -0.383 e. The second-order valence-electron chi connectivity index (χ2n) is 3.31. The van der Waals surface area contributed by atoms with Gasteiger partial charge in [-0.05, 0) is 0 Å². The fourth-order valence-electron chi connectivity index (χ4n) is 1.26. The summed E-state index contributed by atoms with van der Waals surface area (Å²) in [5.41, 5.74) is 0. The Balaban J connectivity index is 2.41. The molecule has 0 aliphatic heterocycles. The summed E-state index contributed by atoms with van der Waals surface area (Å²) in [6.45, 7) is 2.37. The van der Waals surface area contributed by atoms with Crippen LogP contribution in [0.3, 0.4) is 0 Å². The summed E-state index contributed by atoms with van der Waals surface area (Å²) in [5.74, 6) is 0.816. The zero-order chi connectivity index (χ0) is 11.8. The number of nitrogens with one attached hydrogen (secondary N) is 2. The topological polar surface area (TPSA) is 68.2 Å². The molecule has 2 N–H and O–H groups in total. The van der Waals surface area contributed by atoms with Gasteiger partial charge < -0.3 is 19.9 Å². The molecular weight excluding hydrogens is 208 g/mol. The van der Waals surface area contributed by atoms with Crippen LogP contribution in [0.25, 0.3) is 0 Å². The van der Waals surface area contributed by atoms with Crippen LogP contribution in [0.4, 0.5) is 0 Å². The van der Waals surface area contributed by atoms with Gasteiger partial charge in [0.2, 0.25) is 5.91 Å². The van der Waals surface area contributed by atoms with E-state index in [0.29, 0.717) is 19.7 Å². The third-order valence-corrected chi connectivity index (χ3v) is 2.16. The predicted octanol–water partition coefficient (Wildman–Crippen LogP) is -0.635. The first-order valence-corrected chi connectivity index (χ1v) is 5.18. The van der Waals surface area contributed by atoms with Gasteiger partial charge in [-0.25, -0.2) is 4.98 Å². The standard InChI is InChI=1S/C10H18N4O2/c1-11-10(15)8-14-5-3-13-9(14)7-12-4-6-16-2/h3,5,12H,4,6-8H2,1-2H3,(H,11,15). The highest BCUT2D eigenvalue weighted by atomic mass is 16.5. The largest absolute Gasteiger partial charge is 0.383 e. The van der Waals surface area contributed by atoms with Crippen molar-refractivity contribution < 1.29 is 9.53 Å². The molecule has 1 aromatic heterocycles. The summed E-state index contributed by atoms with van der Waals surface area (Å²) in [5, 5.41) is 5.76. The molecule has 0 fully saturated rings. The third-order valence-electron chi connectivity index (χ3n) is 2.16. The Labute approximate surface area is 95.0 Å². The lowest BCUT2D eigenvalue weighted by Gasteiger charge is -2.07. The van der Waals surface area contributed by atoms with Gasteiger partial charge in [-0.1, -0.05) is 0 Å². The average Bonchev–Trinajstić information content (AvgIpc) is 2.72. The van der Waals surface area contributed by atoms with E-state index in [4.69, 9.17) is 4.74 Å². The van der Waals surface area contributed by atoms with Gasteiger partial charge in [0.15, 0.2) is 0 Å². The lowest BCUT2D eigenvalue weighted by molar-refractivity contribution is -0.121. The average molecular weight is 226 g/mol. The van der Waals surface area contributed by atoms with Crippen molar-refractivity contribution in [2.24, 2.45) is 0 Å². The van der Waals surface area contributed by atoms with Crippen LogP contribution in [0.1, 0.15) is 5.82 Å². The van der Waals surface area contributed by atoms with Gasteiger partial charge >= 0.3 is 0 Å². The van der Waals surface area contributed by atoms with E-state index in [-0.39, 0.29) is 5.91 Å². The van der Waals surface area contributed by atoms with Crippen molar-refractivity contribution in [3.8, 4) is 0 Å². The number of amides is 1. The van der Waals surface area contributed by atoms with Crippen LogP contribution < -0.4 is 10.6 Å². The number of hydrogen-bond donors (Lipinski definition) is 2. The molecule has 90 valence electrons. The fourth-order valence-corrected chi connectivity index (χ4v) is 1.26. The van der Waals surface area contributed by atoms with Crippen molar-refractivity contribution in [1.29, 1.82) is 0 Å². The highest BCUT2D eigenvalue weighted by Crippen LogP contribution is 1.96. The maximum absolute atomic E-state index is 11.2. The minimum absolute atomic E-state index is 0.0314. The van der Waals surface area contributed by atoms with Crippen LogP contribution in [0, 0.1) is 0 Å². The molecule has 1 rings (SSSR count). The molecule has 16 heavy (non-hydrogen) atoms. The maximum Gasteiger partial charge on any atom is 0.239 e. The molecule has 0 unspecified atom stereocenters. The van der Waals surface area contributed by atoms with E-state index in [0.717, 1.165) is 12.4 Å². The molecule has 0 saturated heterocycles. The first kappa shape index (κ1) is 12.7. The van der Waals surface area contributed by atoms with Gasteiger partial charge in [0, 0.05) is 33.1 Å². The van der Waals surface area contributed by atoms with Crippen molar-refractivity contribution in [1.82, 2.24) is 20.2 Å². The van der Waals surface area contributed by atoms with E-state index >= 15 is 0 Å². The minimum atomic E-state index is -0.0314. The SMILES string of the molecule is CNC(=O)Cn1ccnc1CNCCOC. The lowest BCUT2D eigenvalue weighted by Crippen LogP contribution is -2.26. The summed E-state index contributed by atoms with van der Waals surface area (Å²) < 4.78 is 6.74. The van der Waals surface area contributed by atoms with E-state index < -0.39 is 0 Å². The first-order chi connectivity index (χ1) is 7.77. The number of methoxy groups -OCH3 is 1. The number of ether oxygens (including phenoxy) is 1. The Hall–Kier alpha value is -1.40. The number of nitrogens with zero attached hydrogens (tertiary/aromatic N) is 2. The van der Waals surface area contributed by atoms with E-state index in [1.54, 1.807) is 26.6 Å². The zero-order valence-electron chi connectivity index (χ0n) is 9.69. The number of likely N-dealkylation sites (N-methyl/N-ethyl adjacent to an activating group) is 1. The van der Waals surface area contributed by atoms with Crippen molar-refractivity contribution in [3.05, 3.63) is 18.2 Å². The summed E-state index contributed by atoms with van der Waals surface area (Å²) in [7, 11) is 3.28. The molecule has 0 radical (unpaired) electrons. The van der Waals surface area contributed by atoms with Crippen LogP contribution >= 0.6 is 0 Å². The quantitative estimate of drug-likeness (QED) is 0.607. The number of carbonyl (C=O) groups excluding carboxylic acids is 1. The summed E-state index contributed by atoms with van der Waals surface area (Å²) in [6, 6.07) is 0. The van der Waals surface area contributed by atoms with Gasteiger partial charge in [-0.2, -0.15) is 0 Å². The molecule has 6 heteroatoms. The predicted molar refractivity (Wildman–Crippen MR) is 59.9 cm³/mol. The van der Waals surface area contributed by atoms with E-state index in [9.17, 15) is 4.79 Å². The van der Waals surface area contributed by atoms with Crippen LogP contribution in [-0.2, 0) is 22.6 Å². The fraction of sp³-hybridized carbons (Fsp3) is 0.600. The van der Waals surface area contributed by atoms with Crippen LogP contribution in [0.15, 0.2) is 12.4 Å². The Morgan fingerprint density at radius 2 is 2.44 bits per heavy atom. The summed E-state index contributed by atoms with van der Waals surface area (Å²) in [6.07, 6.45) is 3.48. The first-order valence-electron chi connectivity index (χ1n) is 5.18. The normalized spacial score (nSPS) is 10.4. The zero-order valence-corrected chi connectivity index (χ0v) is 9.69. The molecule has 6 nitrogen and oxygen atoms in total. The molecule has 0 aliphatic carbocycles. The van der Waals surface area contributed by atoms with Crippen molar-refractivity contribution >= 4 is 5.91 Å². The number of aromatic nitrogens is 2. The second kappa shape index (κ2) is 6.97. The molecule has 0 bridgehead atoms. The van der Waals surface area contributed by atoms with Crippen LogP contribution in [-0.4, -0.2) is 42.8 Å². The third kappa shape index (κ3) is 4.00. The number of hydrogen-bond acceptors (Lipinski definition) is 4. The molecule has 0 spiro atoms. The number of rotatable bonds is 7. The van der Waals surface area contributed by atoms with Gasteiger partial charge in [-0.3, -0.25) is 4.79 Å². The van der Waals surface area contributed by atoms with Crippen molar-refractivity contribution in [2.45, 2.75) is 13.1 Å². The molecular formula is C10H18N4O2. The second-order valence-corrected chi connectivity index (χ2v) is 3.31. The highest BCUT2D eigenvalue weighted by molar-refractivity contribution is 5.75. The van der Waals surface area contributed by atoms with Crippen molar-refractivity contribution in [3.63, 3.8) is 0 Å². The Kier molecular flexibility index (Phi) is 5.52. The Bertz CT molecular complexity index is 324. The highest BCUT2D eigenvalue weighted by Gasteiger charge is 2.05. The Morgan fingerprint density at radius 3 is 3.12 bits per heavy atom. The van der Waals surface area contributed by atoms with Crippen LogP contribution in [0.5, 0.6) is 0 Å². The monoisotopic (exact) mass is 226 g/mol. The molecule has 1 aromatic rings. The van der Waals surface area contributed by atoms with Crippen molar-refractivity contribution in [2.75, 3.05) is 27.3 Å². The molecule has 0 aliphatic rings. The van der Waals surface area contributed by atoms with Gasteiger partial charge in [-0.15, -0.1) is 0 Å². The molecule has 0 atom stereocenters. The molecule has 0 aromatic carbocycles. The number of imidazole rings is 1. The Morgan fingerprint density at radius 1 is 1.62 bits per heavy atom. The van der Waals surface area contributed by atoms with E-state index in [1.165, 1.54) is 0 Å². The van der Waals surface area contributed by atoms with Crippen LogP contribution in [0.2, 0.25) is 0 Å². The molecule has 1 heterocycles. The maximum atomic E-state index is 11.2. The molecule has 0 saturated carbocycles. The molecule has 1 amide bonds. The van der Waals surface area contributed by atoms with Gasteiger partial charge in [0.05, 0.1) is 13.2 Å². The number of carbonyl (C=O) groups is 1. The van der Waals surface area contributed by atoms with Gasteiger partial charge in [0.25, 0.3) is 0 Å². The van der Waals surface area contributed by atoms with E-state index in [2.05, 4.69) is 15.6 Å². The van der Waals surface area contributed by atoms with E-state index in [1.807, 2.05) is 4.57 Å². The lowest BCUT2D eigenvalue weighted by atomic mass is 10.5. The smallest absolute Gasteiger partial charge is 0.239 e.